The molecule has 1 aromatic carbocycles. The summed E-state index contributed by atoms with van der Waals surface area (Å²) in [5.74, 6) is -0.117. The van der Waals surface area contributed by atoms with Crippen LogP contribution in [-0.4, -0.2) is 20.0 Å². The number of benzene rings is 1. The number of hydrogen-bond donors (Lipinski definition) is 1. The lowest BCUT2D eigenvalue weighted by atomic mass is 10.2. The van der Waals surface area contributed by atoms with Gasteiger partial charge in [-0.2, -0.15) is 0 Å². The molecular weight excluding hydrogens is 336 g/mol. The first kappa shape index (κ1) is 17.5. The number of hydrogen-bond acceptors (Lipinski definition) is 2. The minimum Gasteiger partial charge on any atom is -0.347 e. The van der Waals surface area contributed by atoms with Crippen molar-refractivity contribution in [2.45, 2.75) is 46.3 Å². The number of carbonyl (C=O) groups is 1. The van der Waals surface area contributed by atoms with E-state index < -0.39 is 0 Å². The maximum atomic E-state index is 12.5. The second-order valence-corrected chi connectivity index (χ2v) is 7.07. The topological polar surface area (TPSA) is 51.9 Å². The van der Waals surface area contributed by atoms with E-state index in [-0.39, 0.29) is 11.9 Å². The van der Waals surface area contributed by atoms with Gasteiger partial charge in [0.2, 0.25) is 5.28 Å². The van der Waals surface area contributed by atoms with E-state index in [1.807, 2.05) is 35.0 Å². The summed E-state index contributed by atoms with van der Waals surface area (Å²) in [4.78, 5) is 16.9. The summed E-state index contributed by atoms with van der Waals surface area (Å²) in [7, 11) is 0. The van der Waals surface area contributed by atoms with Crippen molar-refractivity contribution in [2.75, 3.05) is 0 Å². The first-order chi connectivity index (χ1) is 11.9. The molecule has 1 amide bonds. The molecule has 132 valence electrons. The number of aromatic nitrogens is 3. The second-order valence-electron chi connectivity index (χ2n) is 6.73. The maximum absolute atomic E-state index is 12.5. The summed E-state index contributed by atoms with van der Waals surface area (Å²) in [6, 6.07) is 10.1. The number of rotatable bonds is 5. The monoisotopic (exact) mass is 358 g/mol. The molecule has 0 radical (unpaired) electrons. The maximum Gasteiger partial charge on any atom is 0.251 e. The van der Waals surface area contributed by atoms with E-state index in [0.29, 0.717) is 23.4 Å². The van der Waals surface area contributed by atoms with Crippen molar-refractivity contribution < 1.29 is 4.79 Å². The Hall–Kier alpha value is -2.27. The van der Waals surface area contributed by atoms with E-state index in [4.69, 9.17) is 11.6 Å². The molecule has 0 spiro atoms. The first-order valence-corrected chi connectivity index (χ1v) is 8.87. The molecule has 1 N–H and O–H groups in total. The van der Waals surface area contributed by atoms with Crippen LogP contribution in [0.3, 0.4) is 0 Å². The Labute approximate surface area is 152 Å². The SMILES string of the molecule is CC(C)n1cccc1CNC(=O)c1ccc2c(c1)nc(Cl)n2C(C)C. The van der Waals surface area contributed by atoms with Gasteiger partial charge < -0.3 is 14.5 Å². The van der Waals surface area contributed by atoms with Crippen LogP contribution < -0.4 is 5.32 Å². The van der Waals surface area contributed by atoms with Gasteiger partial charge in [-0.1, -0.05) is 0 Å². The van der Waals surface area contributed by atoms with Gasteiger partial charge in [-0.15, -0.1) is 0 Å². The smallest absolute Gasteiger partial charge is 0.251 e. The summed E-state index contributed by atoms with van der Waals surface area (Å²) in [5.41, 5.74) is 3.33. The highest BCUT2D eigenvalue weighted by atomic mass is 35.5. The van der Waals surface area contributed by atoms with Gasteiger partial charge in [-0.3, -0.25) is 4.79 Å². The summed E-state index contributed by atoms with van der Waals surface area (Å²) in [6.45, 7) is 8.83. The van der Waals surface area contributed by atoms with Gasteiger partial charge in [0.05, 0.1) is 17.6 Å². The Morgan fingerprint density at radius 1 is 1.20 bits per heavy atom. The number of nitrogens with zero attached hydrogens (tertiary/aromatic N) is 3. The normalized spacial score (nSPS) is 11.6. The van der Waals surface area contributed by atoms with Gasteiger partial charge in [0.25, 0.3) is 5.91 Å². The quantitative estimate of drug-likeness (QED) is 0.725. The van der Waals surface area contributed by atoms with Crippen molar-refractivity contribution in [1.29, 1.82) is 0 Å². The van der Waals surface area contributed by atoms with Crippen LogP contribution in [-0.2, 0) is 6.54 Å². The fourth-order valence-electron chi connectivity index (χ4n) is 3.06. The zero-order chi connectivity index (χ0) is 18.1. The molecule has 3 aromatic rings. The van der Waals surface area contributed by atoms with Gasteiger partial charge in [0, 0.05) is 29.5 Å². The number of imidazole rings is 1. The third-order valence-corrected chi connectivity index (χ3v) is 4.54. The second kappa shape index (κ2) is 6.92. The number of halogens is 1. The Balaban J connectivity index is 1.79. The Morgan fingerprint density at radius 2 is 1.96 bits per heavy atom. The molecule has 0 fully saturated rings. The predicted molar refractivity (Wildman–Crippen MR) is 101 cm³/mol. The van der Waals surface area contributed by atoms with E-state index in [0.717, 1.165) is 16.7 Å². The minimum absolute atomic E-state index is 0.117. The van der Waals surface area contributed by atoms with Crippen LogP contribution in [0.1, 0.15) is 55.8 Å². The lowest BCUT2D eigenvalue weighted by molar-refractivity contribution is 0.0950. The van der Waals surface area contributed by atoms with Crippen LogP contribution in [0, 0.1) is 0 Å². The van der Waals surface area contributed by atoms with Crippen molar-refractivity contribution in [2.24, 2.45) is 0 Å². The van der Waals surface area contributed by atoms with Crippen molar-refractivity contribution >= 4 is 28.5 Å². The van der Waals surface area contributed by atoms with Crippen molar-refractivity contribution in [3.8, 4) is 0 Å². The molecule has 0 saturated heterocycles. The van der Waals surface area contributed by atoms with Crippen molar-refractivity contribution in [1.82, 2.24) is 19.4 Å². The van der Waals surface area contributed by atoms with E-state index in [2.05, 4.69) is 42.6 Å². The molecule has 0 aliphatic rings. The third kappa shape index (κ3) is 3.42. The molecule has 5 nitrogen and oxygen atoms in total. The lowest BCUT2D eigenvalue weighted by Gasteiger charge is -2.13. The zero-order valence-electron chi connectivity index (χ0n) is 15.0. The number of amides is 1. The average molecular weight is 359 g/mol. The van der Waals surface area contributed by atoms with Crippen LogP contribution in [0.25, 0.3) is 11.0 Å². The van der Waals surface area contributed by atoms with Gasteiger partial charge in [0.15, 0.2) is 0 Å². The Morgan fingerprint density at radius 3 is 2.64 bits per heavy atom. The molecule has 0 bridgehead atoms. The third-order valence-electron chi connectivity index (χ3n) is 4.28. The van der Waals surface area contributed by atoms with Gasteiger partial charge in [0.1, 0.15) is 0 Å². The minimum atomic E-state index is -0.117. The van der Waals surface area contributed by atoms with E-state index >= 15 is 0 Å². The predicted octanol–water partition coefficient (Wildman–Crippen LogP) is 4.58. The van der Waals surface area contributed by atoms with Crippen LogP contribution in [0.5, 0.6) is 0 Å². The fourth-order valence-corrected chi connectivity index (χ4v) is 3.43. The summed E-state index contributed by atoms with van der Waals surface area (Å²) >= 11 is 6.22. The van der Waals surface area contributed by atoms with E-state index in [1.165, 1.54) is 0 Å². The summed E-state index contributed by atoms with van der Waals surface area (Å²) in [5, 5.41) is 3.42. The van der Waals surface area contributed by atoms with E-state index in [9.17, 15) is 4.79 Å². The van der Waals surface area contributed by atoms with Gasteiger partial charge in [-0.05, 0) is 69.6 Å². The zero-order valence-corrected chi connectivity index (χ0v) is 15.7. The molecule has 0 atom stereocenters. The molecule has 0 aliphatic carbocycles. The summed E-state index contributed by atoms with van der Waals surface area (Å²) < 4.78 is 4.10. The van der Waals surface area contributed by atoms with Crippen LogP contribution in [0.15, 0.2) is 36.5 Å². The summed E-state index contributed by atoms with van der Waals surface area (Å²) in [6.07, 6.45) is 2.03. The lowest BCUT2D eigenvalue weighted by Crippen LogP contribution is -2.24. The molecule has 6 heteroatoms. The molecule has 25 heavy (non-hydrogen) atoms. The molecule has 2 heterocycles. The highest BCUT2D eigenvalue weighted by Crippen LogP contribution is 2.25. The van der Waals surface area contributed by atoms with Crippen molar-refractivity contribution in [3.05, 3.63) is 53.1 Å². The van der Waals surface area contributed by atoms with Crippen molar-refractivity contribution in [3.63, 3.8) is 0 Å². The molecule has 2 aromatic heterocycles. The standard InChI is InChI=1S/C19H23ClN4O/c1-12(2)23-9-5-6-15(23)11-21-18(25)14-7-8-17-16(10-14)22-19(20)24(17)13(3)4/h5-10,12-13H,11H2,1-4H3,(H,21,25). The molecule has 3 rings (SSSR count). The fraction of sp³-hybridized carbons (Fsp3) is 0.368. The first-order valence-electron chi connectivity index (χ1n) is 8.50. The Bertz CT molecular complexity index is 907. The van der Waals surface area contributed by atoms with Gasteiger partial charge >= 0.3 is 0 Å². The molecule has 0 saturated carbocycles. The number of carbonyl (C=O) groups excluding carboxylic acids is 1. The average Bonchev–Trinajstić information content (AvgIpc) is 3.14. The van der Waals surface area contributed by atoms with Crippen LogP contribution >= 0.6 is 11.6 Å². The molecule has 0 unspecified atom stereocenters. The van der Waals surface area contributed by atoms with Crippen LogP contribution in [0.2, 0.25) is 5.28 Å². The molecule has 0 aliphatic heterocycles. The highest BCUT2D eigenvalue weighted by Gasteiger charge is 2.14. The van der Waals surface area contributed by atoms with E-state index in [1.54, 1.807) is 6.07 Å². The number of nitrogens with one attached hydrogen (secondary N) is 1. The van der Waals surface area contributed by atoms with Gasteiger partial charge in [-0.25, -0.2) is 4.98 Å². The Kier molecular flexibility index (Phi) is 4.86. The van der Waals surface area contributed by atoms with Crippen LogP contribution in [0.4, 0.5) is 0 Å². The molecular formula is C19H23ClN4O. The highest BCUT2D eigenvalue weighted by molar-refractivity contribution is 6.29. The largest absolute Gasteiger partial charge is 0.347 e. The number of fused-ring (bicyclic) bond motifs is 1.